The molecule has 0 saturated carbocycles. The van der Waals surface area contributed by atoms with E-state index in [9.17, 15) is 13.2 Å². The molecule has 1 aromatic rings. The molecule has 1 fully saturated rings. The van der Waals surface area contributed by atoms with Gasteiger partial charge in [-0.2, -0.15) is 0 Å². The third-order valence-electron chi connectivity index (χ3n) is 3.70. The number of nitrogens with one attached hydrogen (secondary N) is 2. The van der Waals surface area contributed by atoms with E-state index < -0.39 is 9.84 Å². The standard InChI is InChI=1S/C14H21N3O3S/c1-3-21(19,20)12-6-4-11(5-7-12)17-9-8-16-10-13(17)14(18)15-2/h4-7,13,16H,3,8-10H2,1-2H3,(H,15,18). The fourth-order valence-corrected chi connectivity index (χ4v) is 3.31. The fourth-order valence-electron chi connectivity index (χ4n) is 2.43. The lowest BCUT2D eigenvalue weighted by molar-refractivity contribution is -0.122. The van der Waals surface area contributed by atoms with Crippen molar-refractivity contribution in [3.05, 3.63) is 24.3 Å². The molecule has 7 heteroatoms. The molecule has 1 amide bonds. The zero-order chi connectivity index (χ0) is 15.5. The highest BCUT2D eigenvalue weighted by Crippen LogP contribution is 2.21. The number of sulfone groups is 1. The molecule has 1 aliphatic heterocycles. The third-order valence-corrected chi connectivity index (χ3v) is 5.45. The summed E-state index contributed by atoms with van der Waals surface area (Å²) in [5, 5.41) is 5.86. The lowest BCUT2D eigenvalue weighted by atomic mass is 10.1. The van der Waals surface area contributed by atoms with Crippen molar-refractivity contribution in [2.75, 3.05) is 37.3 Å². The third kappa shape index (κ3) is 3.36. The quantitative estimate of drug-likeness (QED) is 0.819. The number of amides is 1. The van der Waals surface area contributed by atoms with Crippen molar-refractivity contribution in [3.63, 3.8) is 0 Å². The zero-order valence-electron chi connectivity index (χ0n) is 12.3. The van der Waals surface area contributed by atoms with Gasteiger partial charge >= 0.3 is 0 Å². The number of piperazine rings is 1. The van der Waals surface area contributed by atoms with E-state index in [-0.39, 0.29) is 17.7 Å². The highest BCUT2D eigenvalue weighted by molar-refractivity contribution is 7.91. The highest BCUT2D eigenvalue weighted by atomic mass is 32.2. The van der Waals surface area contributed by atoms with Crippen molar-refractivity contribution in [2.24, 2.45) is 0 Å². The van der Waals surface area contributed by atoms with Crippen LogP contribution in [0, 0.1) is 0 Å². The summed E-state index contributed by atoms with van der Waals surface area (Å²) in [6.07, 6.45) is 0. The Morgan fingerprint density at radius 3 is 2.62 bits per heavy atom. The molecule has 2 rings (SSSR count). The highest BCUT2D eigenvalue weighted by Gasteiger charge is 2.28. The van der Waals surface area contributed by atoms with Gasteiger partial charge in [0.15, 0.2) is 9.84 Å². The van der Waals surface area contributed by atoms with Crippen molar-refractivity contribution in [1.82, 2.24) is 10.6 Å². The second kappa shape index (κ2) is 6.44. The molecule has 1 heterocycles. The monoisotopic (exact) mass is 311 g/mol. The van der Waals surface area contributed by atoms with Gasteiger partial charge in [0.05, 0.1) is 10.6 Å². The zero-order valence-corrected chi connectivity index (χ0v) is 13.1. The van der Waals surface area contributed by atoms with Crippen LogP contribution in [0.5, 0.6) is 0 Å². The van der Waals surface area contributed by atoms with Gasteiger partial charge in [-0.05, 0) is 24.3 Å². The predicted molar refractivity (Wildman–Crippen MR) is 82.2 cm³/mol. The van der Waals surface area contributed by atoms with E-state index in [0.29, 0.717) is 18.0 Å². The maximum Gasteiger partial charge on any atom is 0.243 e. The van der Waals surface area contributed by atoms with Gasteiger partial charge in [-0.3, -0.25) is 4.79 Å². The molecule has 1 aliphatic rings. The number of benzene rings is 1. The van der Waals surface area contributed by atoms with Gasteiger partial charge < -0.3 is 15.5 Å². The van der Waals surface area contributed by atoms with Crippen LogP contribution >= 0.6 is 0 Å². The van der Waals surface area contributed by atoms with Gasteiger partial charge in [-0.1, -0.05) is 6.92 Å². The number of hydrogen-bond donors (Lipinski definition) is 2. The number of hydrogen-bond acceptors (Lipinski definition) is 5. The summed E-state index contributed by atoms with van der Waals surface area (Å²) in [5.41, 5.74) is 0.861. The van der Waals surface area contributed by atoms with E-state index in [1.165, 1.54) is 0 Å². The van der Waals surface area contributed by atoms with E-state index in [1.54, 1.807) is 38.2 Å². The molecular formula is C14H21N3O3S. The molecule has 1 atom stereocenters. The number of anilines is 1. The minimum atomic E-state index is -3.19. The Labute approximate surface area is 125 Å². The van der Waals surface area contributed by atoms with Crippen molar-refractivity contribution in [1.29, 1.82) is 0 Å². The largest absolute Gasteiger partial charge is 0.357 e. The van der Waals surface area contributed by atoms with Crippen molar-refractivity contribution in [3.8, 4) is 0 Å². The topological polar surface area (TPSA) is 78.5 Å². The van der Waals surface area contributed by atoms with Gasteiger partial charge in [-0.25, -0.2) is 8.42 Å². The van der Waals surface area contributed by atoms with E-state index in [4.69, 9.17) is 0 Å². The molecule has 2 N–H and O–H groups in total. The molecule has 0 aliphatic carbocycles. The first-order chi connectivity index (χ1) is 9.99. The van der Waals surface area contributed by atoms with Gasteiger partial charge in [0.25, 0.3) is 0 Å². The Morgan fingerprint density at radius 2 is 2.05 bits per heavy atom. The fraction of sp³-hybridized carbons (Fsp3) is 0.500. The second-order valence-electron chi connectivity index (χ2n) is 4.92. The molecular weight excluding hydrogens is 290 g/mol. The van der Waals surface area contributed by atoms with Crippen molar-refractivity contribution in [2.45, 2.75) is 17.9 Å². The summed E-state index contributed by atoms with van der Waals surface area (Å²) < 4.78 is 23.6. The molecule has 21 heavy (non-hydrogen) atoms. The van der Waals surface area contributed by atoms with E-state index in [0.717, 1.165) is 12.2 Å². The molecule has 0 radical (unpaired) electrons. The van der Waals surface area contributed by atoms with Crippen LogP contribution < -0.4 is 15.5 Å². The van der Waals surface area contributed by atoms with Crippen molar-refractivity contribution < 1.29 is 13.2 Å². The second-order valence-corrected chi connectivity index (χ2v) is 7.20. The summed E-state index contributed by atoms with van der Waals surface area (Å²) in [5.74, 6) is 0.0355. The van der Waals surface area contributed by atoms with Crippen LogP contribution in [0.25, 0.3) is 0 Å². The van der Waals surface area contributed by atoms with Gasteiger partial charge in [0, 0.05) is 32.4 Å². The molecule has 0 aromatic heterocycles. The molecule has 1 saturated heterocycles. The van der Waals surface area contributed by atoms with Crippen LogP contribution in [0.2, 0.25) is 0 Å². The molecule has 1 unspecified atom stereocenters. The summed E-state index contributed by atoms with van der Waals surface area (Å²) in [6, 6.07) is 6.47. The molecule has 0 spiro atoms. The summed E-state index contributed by atoms with van der Waals surface area (Å²) in [4.78, 5) is 14.3. The van der Waals surface area contributed by atoms with Gasteiger partial charge in [0.1, 0.15) is 6.04 Å². The summed E-state index contributed by atoms with van der Waals surface area (Å²) >= 11 is 0. The van der Waals surface area contributed by atoms with Crippen LogP contribution in [-0.2, 0) is 14.6 Å². The lowest BCUT2D eigenvalue weighted by Gasteiger charge is -2.36. The average Bonchev–Trinajstić information content (AvgIpc) is 2.54. The molecule has 6 nitrogen and oxygen atoms in total. The normalized spacial score (nSPS) is 19.3. The Balaban J connectivity index is 2.26. The number of likely N-dealkylation sites (N-methyl/N-ethyl adjacent to an activating group) is 1. The van der Waals surface area contributed by atoms with Crippen LogP contribution in [0.15, 0.2) is 29.2 Å². The van der Waals surface area contributed by atoms with Crippen LogP contribution in [0.4, 0.5) is 5.69 Å². The summed E-state index contributed by atoms with van der Waals surface area (Å²) in [7, 11) is -1.57. The van der Waals surface area contributed by atoms with Crippen molar-refractivity contribution >= 4 is 21.4 Å². The first-order valence-corrected chi connectivity index (χ1v) is 8.66. The van der Waals surface area contributed by atoms with Crippen LogP contribution in [0.1, 0.15) is 6.92 Å². The Bertz CT molecular complexity index is 598. The number of carbonyl (C=O) groups is 1. The van der Waals surface area contributed by atoms with Gasteiger partial charge in [0.2, 0.25) is 5.91 Å². The SMILES string of the molecule is CCS(=O)(=O)c1ccc(N2CCNCC2C(=O)NC)cc1. The Morgan fingerprint density at radius 1 is 1.38 bits per heavy atom. The van der Waals surface area contributed by atoms with E-state index in [1.807, 2.05) is 4.90 Å². The first-order valence-electron chi connectivity index (χ1n) is 7.01. The summed E-state index contributed by atoms with van der Waals surface area (Å²) in [6.45, 7) is 3.70. The number of nitrogens with zero attached hydrogens (tertiary/aromatic N) is 1. The molecule has 116 valence electrons. The Kier molecular flexibility index (Phi) is 4.84. The number of rotatable bonds is 4. The van der Waals surface area contributed by atoms with Gasteiger partial charge in [-0.15, -0.1) is 0 Å². The minimum Gasteiger partial charge on any atom is -0.357 e. The molecule has 1 aromatic carbocycles. The average molecular weight is 311 g/mol. The van der Waals surface area contributed by atoms with Crippen LogP contribution in [0.3, 0.4) is 0 Å². The number of carbonyl (C=O) groups excluding carboxylic acids is 1. The molecule has 0 bridgehead atoms. The van der Waals surface area contributed by atoms with E-state index >= 15 is 0 Å². The van der Waals surface area contributed by atoms with E-state index in [2.05, 4.69) is 10.6 Å². The maximum atomic E-state index is 11.9. The Hall–Kier alpha value is -1.60. The van der Waals surface area contributed by atoms with Crippen LogP contribution in [-0.4, -0.2) is 52.8 Å². The smallest absolute Gasteiger partial charge is 0.243 e. The maximum absolute atomic E-state index is 11.9. The first kappa shape index (κ1) is 15.8. The minimum absolute atomic E-state index is 0.0487. The predicted octanol–water partition coefficient (Wildman–Crippen LogP) is 0.00440. The lowest BCUT2D eigenvalue weighted by Crippen LogP contribution is -2.57.